The lowest BCUT2D eigenvalue weighted by atomic mass is 10.2. The molecule has 0 aliphatic rings. The molecule has 0 saturated carbocycles. The largest absolute Gasteiger partial charge is 0.488 e. The molecule has 16 heavy (non-hydrogen) atoms. The molecule has 1 nitrogen and oxygen atoms in total. The minimum absolute atomic E-state index is 0.627. The first-order valence-corrected chi connectivity index (χ1v) is 7.58. The van der Waals surface area contributed by atoms with Gasteiger partial charge in [0.15, 0.2) is 0 Å². The van der Waals surface area contributed by atoms with E-state index in [1.165, 1.54) is 10.4 Å². The number of hydrogen-bond donors (Lipinski definition) is 0. The molecular weight excluding hydrogens is 352 g/mol. The Labute approximate surface area is 116 Å². The van der Waals surface area contributed by atoms with Crippen LogP contribution < -0.4 is 4.74 Å². The molecule has 0 atom stereocenters. The fourth-order valence-corrected chi connectivity index (χ4v) is 3.01. The molecule has 1 aromatic carbocycles. The Morgan fingerprint density at radius 1 is 1.25 bits per heavy atom. The van der Waals surface area contributed by atoms with Crippen molar-refractivity contribution in [3.63, 3.8) is 0 Å². The van der Waals surface area contributed by atoms with Gasteiger partial charge in [-0.2, -0.15) is 0 Å². The zero-order valence-electron chi connectivity index (χ0n) is 8.45. The van der Waals surface area contributed by atoms with Gasteiger partial charge in [-0.25, -0.2) is 0 Å². The topological polar surface area (TPSA) is 9.23 Å². The zero-order chi connectivity index (χ0) is 11.4. The van der Waals surface area contributed by atoms with E-state index in [4.69, 9.17) is 4.74 Å². The summed E-state index contributed by atoms with van der Waals surface area (Å²) in [6.45, 7) is 0.627. The maximum atomic E-state index is 5.72. The van der Waals surface area contributed by atoms with Crippen molar-refractivity contribution in [3.8, 4) is 5.75 Å². The van der Waals surface area contributed by atoms with Gasteiger partial charge in [0.25, 0.3) is 0 Å². The molecule has 0 radical (unpaired) electrons. The fraction of sp³-hybridized carbons (Fsp3) is 0.167. The Kier molecular flexibility index (Phi) is 4.44. The van der Waals surface area contributed by atoms with E-state index in [0.717, 1.165) is 15.6 Å². The lowest BCUT2D eigenvalue weighted by molar-refractivity contribution is 0.309. The molecule has 1 heterocycles. The van der Waals surface area contributed by atoms with Crippen LogP contribution in [0.25, 0.3) is 0 Å². The number of benzene rings is 1. The van der Waals surface area contributed by atoms with E-state index >= 15 is 0 Å². The van der Waals surface area contributed by atoms with Crippen molar-refractivity contribution in [2.24, 2.45) is 0 Å². The standard InChI is InChI=1S/C12H10Br2OS/c13-6-9-2-1-3-11(4-9)15-7-12-5-10(14)8-16-12/h1-5,8H,6-7H2. The zero-order valence-corrected chi connectivity index (χ0v) is 12.4. The van der Waals surface area contributed by atoms with Gasteiger partial charge >= 0.3 is 0 Å². The number of hydrogen-bond acceptors (Lipinski definition) is 2. The molecule has 0 bridgehead atoms. The van der Waals surface area contributed by atoms with E-state index in [1.54, 1.807) is 11.3 Å². The van der Waals surface area contributed by atoms with E-state index in [9.17, 15) is 0 Å². The second kappa shape index (κ2) is 5.84. The first kappa shape index (κ1) is 12.1. The summed E-state index contributed by atoms with van der Waals surface area (Å²) in [4.78, 5) is 1.22. The van der Waals surface area contributed by atoms with Gasteiger partial charge in [-0.15, -0.1) is 11.3 Å². The number of ether oxygens (including phenoxy) is 1. The molecule has 0 amide bonds. The van der Waals surface area contributed by atoms with Crippen molar-refractivity contribution in [2.45, 2.75) is 11.9 Å². The lowest BCUT2D eigenvalue weighted by Crippen LogP contribution is -1.93. The highest BCUT2D eigenvalue weighted by atomic mass is 79.9. The molecule has 0 aliphatic carbocycles. The maximum Gasteiger partial charge on any atom is 0.122 e. The minimum Gasteiger partial charge on any atom is -0.488 e. The van der Waals surface area contributed by atoms with Crippen LogP contribution in [0.4, 0.5) is 0 Å². The van der Waals surface area contributed by atoms with Gasteiger partial charge in [0.05, 0.1) is 0 Å². The van der Waals surface area contributed by atoms with Crippen molar-refractivity contribution in [3.05, 3.63) is 50.6 Å². The molecule has 1 aromatic heterocycles. The predicted octanol–water partition coefficient (Wildman–Crippen LogP) is 4.98. The van der Waals surface area contributed by atoms with E-state index in [0.29, 0.717) is 6.61 Å². The number of thiophene rings is 1. The van der Waals surface area contributed by atoms with Crippen LogP contribution in [0.1, 0.15) is 10.4 Å². The molecular formula is C12H10Br2OS. The summed E-state index contributed by atoms with van der Waals surface area (Å²) in [6.07, 6.45) is 0. The molecule has 2 rings (SSSR count). The van der Waals surface area contributed by atoms with Gasteiger partial charge < -0.3 is 4.74 Å². The van der Waals surface area contributed by atoms with Crippen LogP contribution in [0, 0.1) is 0 Å². The first-order valence-electron chi connectivity index (χ1n) is 4.78. The Bertz CT molecular complexity index is 468. The quantitative estimate of drug-likeness (QED) is 0.697. The summed E-state index contributed by atoms with van der Waals surface area (Å²) >= 11 is 8.56. The number of rotatable bonds is 4. The highest BCUT2D eigenvalue weighted by Gasteiger charge is 2.00. The van der Waals surface area contributed by atoms with Gasteiger partial charge in [-0.05, 0) is 39.7 Å². The highest BCUT2D eigenvalue weighted by molar-refractivity contribution is 9.10. The van der Waals surface area contributed by atoms with Crippen LogP contribution in [0.2, 0.25) is 0 Å². The maximum absolute atomic E-state index is 5.72. The second-order valence-electron chi connectivity index (χ2n) is 3.30. The third-order valence-electron chi connectivity index (χ3n) is 2.06. The number of halogens is 2. The van der Waals surface area contributed by atoms with Gasteiger partial charge in [0.1, 0.15) is 12.4 Å². The Morgan fingerprint density at radius 2 is 2.12 bits per heavy atom. The SMILES string of the molecule is BrCc1cccc(OCc2cc(Br)cs2)c1. The van der Waals surface area contributed by atoms with Crippen LogP contribution >= 0.6 is 43.2 Å². The van der Waals surface area contributed by atoms with Crippen molar-refractivity contribution in [1.82, 2.24) is 0 Å². The Hall–Kier alpha value is -0.320. The molecule has 0 unspecified atom stereocenters. The summed E-state index contributed by atoms with van der Waals surface area (Å²) in [7, 11) is 0. The number of alkyl halides is 1. The molecule has 0 aliphatic heterocycles. The molecule has 0 spiro atoms. The molecule has 0 N–H and O–H groups in total. The highest BCUT2D eigenvalue weighted by Crippen LogP contribution is 2.22. The van der Waals surface area contributed by atoms with E-state index in [1.807, 2.05) is 12.1 Å². The van der Waals surface area contributed by atoms with Crippen molar-refractivity contribution < 1.29 is 4.74 Å². The normalized spacial score (nSPS) is 10.4. The molecule has 0 fully saturated rings. The molecule has 2 aromatic rings. The summed E-state index contributed by atoms with van der Waals surface area (Å²) < 4.78 is 6.83. The van der Waals surface area contributed by atoms with Gasteiger partial charge in [0, 0.05) is 20.1 Å². The summed E-state index contributed by atoms with van der Waals surface area (Å²) in [5.41, 5.74) is 1.23. The lowest BCUT2D eigenvalue weighted by Gasteiger charge is -2.05. The van der Waals surface area contributed by atoms with Crippen molar-refractivity contribution >= 4 is 43.2 Å². The van der Waals surface area contributed by atoms with Gasteiger partial charge in [-0.3, -0.25) is 0 Å². The molecule has 84 valence electrons. The predicted molar refractivity (Wildman–Crippen MR) is 75.4 cm³/mol. The van der Waals surface area contributed by atoms with Crippen molar-refractivity contribution in [2.75, 3.05) is 0 Å². The average molecular weight is 362 g/mol. The van der Waals surface area contributed by atoms with Gasteiger partial charge in [0.2, 0.25) is 0 Å². The van der Waals surface area contributed by atoms with Gasteiger partial charge in [-0.1, -0.05) is 28.1 Å². The van der Waals surface area contributed by atoms with Crippen LogP contribution in [-0.2, 0) is 11.9 Å². The molecule has 4 heteroatoms. The third-order valence-corrected chi connectivity index (χ3v) is 4.37. The summed E-state index contributed by atoms with van der Waals surface area (Å²) in [5.74, 6) is 0.918. The smallest absolute Gasteiger partial charge is 0.122 e. The van der Waals surface area contributed by atoms with Crippen LogP contribution in [-0.4, -0.2) is 0 Å². The first-order chi connectivity index (χ1) is 7.78. The third kappa shape index (κ3) is 3.34. The van der Waals surface area contributed by atoms with Crippen molar-refractivity contribution in [1.29, 1.82) is 0 Å². The second-order valence-corrected chi connectivity index (χ2v) is 5.77. The van der Waals surface area contributed by atoms with E-state index in [2.05, 4.69) is 55.4 Å². The Morgan fingerprint density at radius 3 is 2.81 bits per heavy atom. The van der Waals surface area contributed by atoms with Crippen LogP contribution in [0.3, 0.4) is 0 Å². The van der Waals surface area contributed by atoms with Crippen LogP contribution in [0.5, 0.6) is 5.75 Å². The average Bonchev–Trinajstić information content (AvgIpc) is 2.73. The van der Waals surface area contributed by atoms with Crippen LogP contribution in [0.15, 0.2) is 40.2 Å². The summed E-state index contributed by atoms with van der Waals surface area (Å²) in [6, 6.07) is 10.2. The monoisotopic (exact) mass is 360 g/mol. The van der Waals surface area contributed by atoms with E-state index in [-0.39, 0.29) is 0 Å². The van der Waals surface area contributed by atoms with E-state index < -0.39 is 0 Å². The fourth-order valence-electron chi connectivity index (χ4n) is 1.30. The molecule has 0 saturated heterocycles. The Balaban J connectivity index is 1.99. The summed E-state index contributed by atoms with van der Waals surface area (Å²) in [5, 5.41) is 2.92. The minimum atomic E-state index is 0.627.